The number of aliphatic hydroxyl groups is 1. The summed E-state index contributed by atoms with van der Waals surface area (Å²) in [4.78, 5) is 11.4. The first-order valence-electron chi connectivity index (χ1n) is 6.51. The molecule has 0 aromatic heterocycles. The number of benzene rings is 2. The molecular formula is C17H9FO4. The van der Waals surface area contributed by atoms with E-state index in [0.717, 1.165) is 5.56 Å². The molecule has 0 saturated carbocycles. The average Bonchev–Trinajstić information content (AvgIpc) is 2.49. The van der Waals surface area contributed by atoms with Gasteiger partial charge in [-0.25, -0.2) is 0 Å². The first kappa shape index (κ1) is 12.6. The van der Waals surface area contributed by atoms with Gasteiger partial charge in [-0.3, -0.25) is 4.79 Å². The molecule has 3 aliphatic rings. The molecule has 0 bridgehead atoms. The lowest BCUT2D eigenvalue weighted by Crippen LogP contribution is -2.06. The predicted octanol–water partition coefficient (Wildman–Crippen LogP) is 4.00. The second-order valence-electron chi connectivity index (χ2n) is 5.02. The van der Waals surface area contributed by atoms with E-state index in [1.54, 1.807) is 18.2 Å². The number of hydrogen-bond acceptors (Lipinski definition) is 4. The van der Waals surface area contributed by atoms with Crippen molar-refractivity contribution < 1.29 is 18.7 Å². The third-order valence-electron chi connectivity index (χ3n) is 3.57. The standard InChI is InChI=1S/C17H9FO4/c1-8-16(18)17(20)12-5-10-4-9-2-3-11(19)6-13(9)22-14(10)7-15(12)21-8/h2-7,20H,1H2. The molecule has 5 heteroatoms. The minimum absolute atomic E-state index is 0.152. The Balaban J connectivity index is 2.06. The molecule has 0 saturated heterocycles. The van der Waals surface area contributed by atoms with Crippen molar-refractivity contribution in [2.45, 2.75) is 0 Å². The average molecular weight is 296 g/mol. The van der Waals surface area contributed by atoms with Crippen molar-refractivity contribution in [1.29, 1.82) is 0 Å². The monoisotopic (exact) mass is 296 g/mol. The van der Waals surface area contributed by atoms with Crippen LogP contribution in [0.15, 0.2) is 63.8 Å². The van der Waals surface area contributed by atoms with Gasteiger partial charge in [-0.2, -0.15) is 4.39 Å². The van der Waals surface area contributed by atoms with Gasteiger partial charge in [0.2, 0.25) is 5.83 Å². The number of fused-ring (bicyclic) bond motifs is 3. The Kier molecular flexibility index (Phi) is 2.42. The van der Waals surface area contributed by atoms with Gasteiger partial charge in [-0.1, -0.05) is 6.58 Å². The van der Waals surface area contributed by atoms with Gasteiger partial charge in [0.05, 0.1) is 5.56 Å². The number of halogens is 1. The highest BCUT2D eigenvalue weighted by molar-refractivity contribution is 5.89. The van der Waals surface area contributed by atoms with Crippen LogP contribution in [0, 0.1) is 0 Å². The summed E-state index contributed by atoms with van der Waals surface area (Å²) in [5, 5.41) is 10.6. The Labute approximate surface area is 123 Å². The van der Waals surface area contributed by atoms with Gasteiger partial charge in [0.1, 0.15) is 17.1 Å². The van der Waals surface area contributed by atoms with Crippen molar-refractivity contribution in [1.82, 2.24) is 0 Å². The van der Waals surface area contributed by atoms with E-state index in [4.69, 9.17) is 9.15 Å². The molecule has 2 aliphatic heterocycles. The van der Waals surface area contributed by atoms with Crippen LogP contribution in [-0.4, -0.2) is 5.11 Å². The highest BCUT2D eigenvalue weighted by atomic mass is 19.1. The molecule has 1 N–H and O–H groups in total. The van der Waals surface area contributed by atoms with Crippen LogP contribution in [0.4, 0.5) is 4.39 Å². The third kappa shape index (κ3) is 1.72. The molecule has 1 aromatic rings. The SMILES string of the molecule is C=C1Oc2cc3oc4cc(=O)ccc-4cc3cc2C(O)=C1F. The van der Waals surface area contributed by atoms with E-state index in [2.05, 4.69) is 6.58 Å². The fourth-order valence-corrected chi connectivity index (χ4v) is 2.48. The molecule has 4 rings (SSSR count). The summed E-state index contributed by atoms with van der Waals surface area (Å²) in [5.41, 5.74) is 1.27. The first-order chi connectivity index (χ1) is 10.5. The second-order valence-corrected chi connectivity index (χ2v) is 5.02. The van der Waals surface area contributed by atoms with Crippen LogP contribution < -0.4 is 10.2 Å². The summed E-state index contributed by atoms with van der Waals surface area (Å²) in [6.45, 7) is 3.40. The summed E-state index contributed by atoms with van der Waals surface area (Å²) < 4.78 is 24.6. The third-order valence-corrected chi connectivity index (χ3v) is 3.57. The molecule has 0 spiro atoms. The van der Waals surface area contributed by atoms with Crippen LogP contribution in [0.25, 0.3) is 28.1 Å². The summed E-state index contributed by atoms with van der Waals surface area (Å²) in [5.74, 6) is -0.964. The Morgan fingerprint density at radius 1 is 1.14 bits per heavy atom. The van der Waals surface area contributed by atoms with Crippen molar-refractivity contribution in [2.24, 2.45) is 0 Å². The maximum atomic E-state index is 13.7. The van der Waals surface area contributed by atoms with Crippen molar-refractivity contribution in [3.8, 4) is 17.1 Å². The van der Waals surface area contributed by atoms with E-state index in [9.17, 15) is 14.3 Å². The predicted molar refractivity (Wildman–Crippen MR) is 79.5 cm³/mol. The minimum Gasteiger partial charge on any atom is -0.504 e. The summed E-state index contributed by atoms with van der Waals surface area (Å²) in [6, 6.07) is 9.38. The number of allylic oxidation sites excluding steroid dienone is 1. The minimum atomic E-state index is -0.888. The maximum absolute atomic E-state index is 13.7. The van der Waals surface area contributed by atoms with Gasteiger partial charge >= 0.3 is 0 Å². The normalized spacial score (nSPS) is 14.3. The molecule has 0 atom stereocenters. The lowest BCUT2D eigenvalue weighted by molar-refractivity contribution is 0.371. The van der Waals surface area contributed by atoms with Crippen LogP contribution in [0.1, 0.15) is 5.56 Å². The van der Waals surface area contributed by atoms with Gasteiger partial charge in [-0.15, -0.1) is 0 Å². The van der Waals surface area contributed by atoms with E-state index < -0.39 is 11.6 Å². The molecule has 22 heavy (non-hydrogen) atoms. The molecule has 0 fully saturated rings. The molecule has 0 radical (unpaired) electrons. The molecule has 4 nitrogen and oxygen atoms in total. The van der Waals surface area contributed by atoms with E-state index in [-0.39, 0.29) is 22.5 Å². The van der Waals surface area contributed by atoms with Crippen molar-refractivity contribution in [3.63, 3.8) is 0 Å². The number of aliphatic hydroxyl groups excluding tert-OH is 1. The number of ether oxygens (including phenoxy) is 1. The van der Waals surface area contributed by atoms with Gasteiger partial charge < -0.3 is 14.3 Å². The van der Waals surface area contributed by atoms with Crippen molar-refractivity contribution in [3.05, 3.63) is 70.3 Å². The van der Waals surface area contributed by atoms with Gasteiger partial charge in [0, 0.05) is 23.1 Å². The van der Waals surface area contributed by atoms with E-state index in [0.29, 0.717) is 16.7 Å². The molecular weight excluding hydrogens is 287 g/mol. The molecule has 108 valence electrons. The Morgan fingerprint density at radius 3 is 2.77 bits per heavy atom. The highest BCUT2D eigenvalue weighted by Crippen LogP contribution is 2.40. The fourth-order valence-electron chi connectivity index (χ4n) is 2.48. The summed E-state index contributed by atoms with van der Waals surface area (Å²) in [7, 11) is 0. The van der Waals surface area contributed by atoms with Crippen LogP contribution in [0.5, 0.6) is 5.75 Å². The largest absolute Gasteiger partial charge is 0.504 e. The quantitative estimate of drug-likeness (QED) is 0.637. The molecule has 1 aromatic carbocycles. The Morgan fingerprint density at radius 2 is 1.95 bits per heavy atom. The lowest BCUT2D eigenvalue weighted by atomic mass is 10.0. The first-order valence-corrected chi connectivity index (χ1v) is 6.51. The number of hydrogen-bond donors (Lipinski definition) is 1. The zero-order valence-corrected chi connectivity index (χ0v) is 11.2. The van der Waals surface area contributed by atoms with Gasteiger partial charge in [-0.05, 0) is 24.3 Å². The molecule has 0 amide bonds. The van der Waals surface area contributed by atoms with Gasteiger partial charge in [0.15, 0.2) is 16.9 Å². The van der Waals surface area contributed by atoms with Crippen molar-refractivity contribution in [2.75, 3.05) is 0 Å². The van der Waals surface area contributed by atoms with E-state index in [1.165, 1.54) is 18.2 Å². The number of rotatable bonds is 0. The van der Waals surface area contributed by atoms with Crippen LogP contribution in [-0.2, 0) is 0 Å². The highest BCUT2D eigenvalue weighted by Gasteiger charge is 2.24. The second kappa shape index (κ2) is 4.21. The molecule has 0 unspecified atom stereocenters. The topological polar surface area (TPSA) is 59.7 Å². The maximum Gasteiger partial charge on any atom is 0.207 e. The van der Waals surface area contributed by atoms with Crippen LogP contribution in [0.2, 0.25) is 0 Å². The van der Waals surface area contributed by atoms with Gasteiger partial charge in [0.25, 0.3) is 0 Å². The summed E-state index contributed by atoms with van der Waals surface area (Å²) in [6.07, 6.45) is 0. The van der Waals surface area contributed by atoms with Crippen LogP contribution in [0.3, 0.4) is 0 Å². The van der Waals surface area contributed by atoms with Crippen molar-refractivity contribution >= 4 is 16.7 Å². The fraction of sp³-hybridized carbons (Fsp3) is 0. The summed E-state index contributed by atoms with van der Waals surface area (Å²) >= 11 is 0. The van der Waals surface area contributed by atoms with E-state index in [1.807, 2.05) is 0 Å². The van der Waals surface area contributed by atoms with E-state index >= 15 is 0 Å². The lowest BCUT2D eigenvalue weighted by Gasteiger charge is -2.19. The molecule has 2 heterocycles. The molecule has 1 aliphatic carbocycles. The Bertz CT molecular complexity index is 1010. The smallest absolute Gasteiger partial charge is 0.207 e. The zero-order chi connectivity index (χ0) is 15.4. The Hall–Kier alpha value is -3.08. The zero-order valence-electron chi connectivity index (χ0n) is 11.2. The van der Waals surface area contributed by atoms with Crippen LogP contribution >= 0.6 is 0 Å².